The number of benzene rings is 1. The van der Waals surface area contributed by atoms with Crippen molar-refractivity contribution in [2.24, 2.45) is 0 Å². The van der Waals surface area contributed by atoms with Crippen LogP contribution in [0.1, 0.15) is 12.0 Å². The molecule has 2 atom stereocenters. The molecule has 10 heteroatoms. The highest BCUT2D eigenvalue weighted by molar-refractivity contribution is 5.87. The van der Waals surface area contributed by atoms with Crippen LogP contribution in [0.4, 0.5) is 5.69 Å². The van der Waals surface area contributed by atoms with E-state index in [1.165, 1.54) is 35.1 Å². The highest BCUT2D eigenvalue weighted by atomic mass is 16.5. The van der Waals surface area contributed by atoms with Crippen molar-refractivity contribution in [3.63, 3.8) is 0 Å². The molecule has 0 bridgehead atoms. The van der Waals surface area contributed by atoms with Gasteiger partial charge < -0.3 is 30.5 Å². The smallest absolute Gasteiger partial charge is 0.373 e. The second kappa shape index (κ2) is 7.43. The van der Waals surface area contributed by atoms with Gasteiger partial charge in [0, 0.05) is 18.1 Å². The van der Waals surface area contributed by atoms with Gasteiger partial charge in [-0.15, -0.1) is 0 Å². The van der Waals surface area contributed by atoms with Crippen LogP contribution in [0, 0.1) is 0 Å². The normalized spacial score (nSPS) is 23.6. The number of carbonyl (C=O) groups is 3. The molecule has 0 aliphatic carbocycles. The summed E-state index contributed by atoms with van der Waals surface area (Å²) >= 11 is 0. The van der Waals surface area contributed by atoms with Gasteiger partial charge in [0.1, 0.15) is 5.70 Å². The quantitative estimate of drug-likeness (QED) is 0.270. The van der Waals surface area contributed by atoms with Gasteiger partial charge in [0.25, 0.3) is 12.5 Å². The topological polar surface area (TPSA) is 156 Å². The fourth-order valence-corrected chi connectivity index (χ4v) is 3.17. The molecule has 0 amide bonds. The molecule has 2 aliphatic heterocycles. The molecule has 146 valence electrons. The minimum atomic E-state index is -1.24. The molecule has 0 aromatic heterocycles. The molecule has 0 spiro atoms. The van der Waals surface area contributed by atoms with Crippen LogP contribution >= 0.6 is 0 Å². The number of aromatic hydroxyl groups is 2. The summed E-state index contributed by atoms with van der Waals surface area (Å²) in [6, 6.07) is 1.62. The maximum atomic E-state index is 11.6. The fraction of sp³-hybridized carbons (Fsp3) is 0.222. The number of carbonyl (C=O) groups excluding carboxylic acids is 1. The van der Waals surface area contributed by atoms with E-state index in [0.29, 0.717) is 16.8 Å². The van der Waals surface area contributed by atoms with Crippen LogP contribution in [0.5, 0.6) is 11.5 Å². The van der Waals surface area contributed by atoms with E-state index in [1.807, 2.05) is 0 Å². The number of hydrogen-bond donors (Lipinski definition) is 5. The van der Waals surface area contributed by atoms with Crippen LogP contribution < -0.4 is 5.32 Å². The summed E-state index contributed by atoms with van der Waals surface area (Å²) in [5.74, 6) is -3.06. The molecule has 0 fully saturated rings. The van der Waals surface area contributed by atoms with Crippen LogP contribution in [0.25, 0.3) is 0 Å². The minimum absolute atomic E-state index is 0.118. The number of allylic oxidation sites excluding steroid dienone is 2. The van der Waals surface area contributed by atoms with Crippen molar-refractivity contribution in [2.45, 2.75) is 25.1 Å². The van der Waals surface area contributed by atoms with E-state index in [4.69, 9.17) is 4.74 Å². The molecule has 28 heavy (non-hydrogen) atoms. The summed E-state index contributed by atoms with van der Waals surface area (Å²) in [6.07, 6.45) is 3.74. The third kappa shape index (κ3) is 3.65. The summed E-state index contributed by atoms with van der Waals surface area (Å²) in [5.41, 5.74) is 1.28. The molecular formula is C18H17N2O8+. The molecule has 1 aromatic carbocycles. The van der Waals surface area contributed by atoms with Crippen molar-refractivity contribution in [2.75, 3.05) is 0 Å². The second-order valence-corrected chi connectivity index (χ2v) is 6.26. The molecule has 1 aromatic rings. The molecule has 2 aliphatic rings. The summed E-state index contributed by atoms with van der Waals surface area (Å²) < 4.78 is 6.20. The number of carboxylic acid groups (broad SMARTS) is 2. The fourth-order valence-electron chi connectivity index (χ4n) is 3.17. The number of fused-ring (bicyclic) bond motifs is 1. The lowest BCUT2D eigenvalue weighted by Gasteiger charge is -2.23. The highest BCUT2D eigenvalue weighted by Gasteiger charge is 2.40. The zero-order chi connectivity index (χ0) is 20.4. The average Bonchev–Trinajstić information content (AvgIpc) is 2.98. The summed E-state index contributed by atoms with van der Waals surface area (Å²) in [4.78, 5) is 33.4. The van der Waals surface area contributed by atoms with Crippen LogP contribution in [0.3, 0.4) is 0 Å². The zero-order valence-electron chi connectivity index (χ0n) is 14.4. The number of nitrogens with zero attached hydrogens (tertiary/aromatic N) is 1. The predicted octanol–water partition coefficient (Wildman–Crippen LogP) is 0.209. The third-order valence-corrected chi connectivity index (χ3v) is 4.45. The number of aliphatic carboxylic acids is 2. The van der Waals surface area contributed by atoms with Gasteiger partial charge in [-0.1, -0.05) is 0 Å². The SMILES string of the molecule is O=CO[C@@H]1C/C(=C/C=[N+]2\c3cc(O)c(O)cc3C[C@H]2C(=O)O)C=C(C(=O)O)N1. The zero-order valence-corrected chi connectivity index (χ0v) is 14.4. The van der Waals surface area contributed by atoms with Gasteiger partial charge in [-0.2, -0.15) is 4.58 Å². The number of hydrogen-bond acceptors (Lipinski definition) is 7. The van der Waals surface area contributed by atoms with Crippen molar-refractivity contribution in [3.05, 3.63) is 41.1 Å². The maximum Gasteiger partial charge on any atom is 0.373 e. The third-order valence-electron chi connectivity index (χ3n) is 4.45. The van der Waals surface area contributed by atoms with Crippen molar-refractivity contribution >= 4 is 30.3 Å². The van der Waals surface area contributed by atoms with Gasteiger partial charge in [0.05, 0.1) is 12.5 Å². The number of phenolic OH excluding ortho intramolecular Hbond substituents is 2. The first-order valence-electron chi connectivity index (χ1n) is 8.20. The first-order valence-corrected chi connectivity index (χ1v) is 8.20. The van der Waals surface area contributed by atoms with E-state index in [1.54, 1.807) is 0 Å². The van der Waals surface area contributed by atoms with Crippen LogP contribution in [-0.2, 0) is 25.5 Å². The van der Waals surface area contributed by atoms with Crippen molar-refractivity contribution in [1.82, 2.24) is 5.32 Å². The van der Waals surface area contributed by atoms with Crippen LogP contribution in [0.15, 0.2) is 35.6 Å². The molecule has 5 N–H and O–H groups in total. The Labute approximate surface area is 158 Å². The summed E-state index contributed by atoms with van der Waals surface area (Å²) in [7, 11) is 0. The molecule has 10 nitrogen and oxygen atoms in total. The Morgan fingerprint density at radius 2 is 1.89 bits per heavy atom. The van der Waals surface area contributed by atoms with Crippen LogP contribution in [0.2, 0.25) is 0 Å². The Morgan fingerprint density at radius 3 is 2.54 bits per heavy atom. The molecule has 0 saturated heterocycles. The van der Waals surface area contributed by atoms with E-state index in [-0.39, 0.29) is 36.5 Å². The molecule has 2 heterocycles. The molecule has 3 rings (SSSR count). The summed E-state index contributed by atoms with van der Waals surface area (Å²) in [5, 5.41) is 40.6. The van der Waals surface area contributed by atoms with E-state index < -0.39 is 24.2 Å². The maximum absolute atomic E-state index is 11.6. The van der Waals surface area contributed by atoms with Crippen molar-refractivity contribution in [1.29, 1.82) is 0 Å². The predicted molar refractivity (Wildman–Crippen MR) is 93.4 cm³/mol. The minimum Gasteiger partial charge on any atom is -0.504 e. The van der Waals surface area contributed by atoms with Gasteiger partial charge >= 0.3 is 11.9 Å². The molecule has 0 saturated carbocycles. The van der Waals surface area contributed by atoms with E-state index in [0.717, 1.165) is 0 Å². The lowest BCUT2D eigenvalue weighted by Crippen LogP contribution is -2.37. The van der Waals surface area contributed by atoms with Crippen molar-refractivity contribution < 1.29 is 44.1 Å². The number of carboxylic acids is 2. The van der Waals surface area contributed by atoms with Gasteiger partial charge in [0.15, 0.2) is 23.9 Å². The van der Waals surface area contributed by atoms with Gasteiger partial charge in [-0.3, -0.25) is 4.79 Å². The van der Waals surface area contributed by atoms with E-state index in [2.05, 4.69) is 5.32 Å². The monoisotopic (exact) mass is 389 g/mol. The number of phenols is 2. The van der Waals surface area contributed by atoms with Crippen LogP contribution in [-0.4, -0.2) is 61.9 Å². The standard InChI is InChI=1S/C18H16N2O8/c21-8-28-16-4-9(3-11(19-16)17(24)25)1-2-20-12-7-15(23)14(22)6-10(12)5-13(20)18(26)27/h1-3,6-8,13,16H,4-5H2,(H4,22,23,24,25,26,27)/p+1/t13-,16+/m0/s1. The van der Waals surface area contributed by atoms with E-state index >= 15 is 0 Å². The Bertz CT molecular complexity index is 947. The first-order chi connectivity index (χ1) is 13.3. The number of ether oxygens (including phenoxy) is 1. The van der Waals surface area contributed by atoms with E-state index in [9.17, 15) is 34.8 Å². The Morgan fingerprint density at radius 1 is 1.18 bits per heavy atom. The molecule has 0 unspecified atom stereocenters. The number of rotatable bonds is 5. The lowest BCUT2D eigenvalue weighted by molar-refractivity contribution is -0.456. The highest BCUT2D eigenvalue weighted by Crippen LogP contribution is 2.38. The van der Waals surface area contributed by atoms with Gasteiger partial charge in [-0.25, -0.2) is 9.59 Å². The lowest BCUT2D eigenvalue weighted by atomic mass is 10.1. The van der Waals surface area contributed by atoms with Gasteiger partial charge in [-0.05, 0) is 17.7 Å². The first kappa shape index (κ1) is 19.0. The Balaban J connectivity index is 2.02. The largest absolute Gasteiger partial charge is 0.504 e. The Hall–Kier alpha value is -3.82. The van der Waals surface area contributed by atoms with Crippen molar-refractivity contribution in [3.8, 4) is 11.5 Å². The Kier molecular flexibility index (Phi) is 5.03. The van der Waals surface area contributed by atoms with Gasteiger partial charge in [0.2, 0.25) is 5.69 Å². The average molecular weight is 389 g/mol. The number of nitrogens with one attached hydrogen (secondary N) is 1. The molecule has 0 radical (unpaired) electrons. The summed E-state index contributed by atoms with van der Waals surface area (Å²) in [6.45, 7) is 0.205. The second-order valence-electron chi connectivity index (χ2n) is 6.26. The molecular weight excluding hydrogens is 372 g/mol.